The van der Waals surface area contributed by atoms with Crippen molar-refractivity contribution in [3.8, 4) is 0 Å². The van der Waals surface area contributed by atoms with Crippen LogP contribution in [-0.4, -0.2) is 173 Å². The predicted molar refractivity (Wildman–Crippen MR) is 233 cm³/mol. The standard InChI is InChI=1S/C49H80O17/c1-23-30-17-31(50)46(52)48(30,7)37-22-36-47(6)14-13-29(16-28(47)12-15-49(36,65-23)66-37)61-38-19-33(54-9)43(25(3)58-38)63-40-21-35(56-11)45(27(5)60-40)64-41-20-34(55-10)44(26(4)59-41)62-39-18-32(53-8)42(51)24(2)57-39/h23-45,50-51H,12-22H2,1-11H3/t23-,24+,25+,26+,27+,28-,29-,30-,31-,32+,33+,34+,35-,36+,37+,38-,39-,40-,41-,42+,43+,44+,45+,47-,48-,49-/m0/s1. The predicted octanol–water partition coefficient (Wildman–Crippen LogP) is 4.56. The molecular formula is C49H80O17. The molecule has 3 aliphatic carbocycles. The van der Waals surface area contributed by atoms with Gasteiger partial charge in [-0.25, -0.2) is 0 Å². The van der Waals surface area contributed by atoms with Crippen LogP contribution in [0.3, 0.4) is 0 Å². The highest BCUT2D eigenvalue weighted by Gasteiger charge is 2.71. The third-order valence-corrected chi connectivity index (χ3v) is 18.1. The Kier molecular flexibility index (Phi) is 14.8. The number of fused-ring (bicyclic) bond motifs is 5. The van der Waals surface area contributed by atoms with Gasteiger partial charge in [0.15, 0.2) is 36.7 Å². The van der Waals surface area contributed by atoms with Crippen molar-refractivity contribution in [2.24, 2.45) is 28.6 Å². The average Bonchev–Trinajstić information content (AvgIpc) is 3.77. The Morgan fingerprint density at radius 3 is 1.55 bits per heavy atom. The van der Waals surface area contributed by atoms with Gasteiger partial charge in [-0.2, -0.15) is 0 Å². The van der Waals surface area contributed by atoms with E-state index in [2.05, 4.69) is 13.8 Å². The van der Waals surface area contributed by atoms with E-state index in [1.54, 1.807) is 35.4 Å². The van der Waals surface area contributed by atoms with Crippen LogP contribution in [0.5, 0.6) is 0 Å². The second kappa shape index (κ2) is 19.6. The minimum atomic E-state index is -0.947. The first kappa shape index (κ1) is 50.0. The van der Waals surface area contributed by atoms with Crippen LogP contribution >= 0.6 is 0 Å². The van der Waals surface area contributed by atoms with Crippen LogP contribution in [0.15, 0.2) is 0 Å². The lowest BCUT2D eigenvalue weighted by molar-refractivity contribution is -0.347. The summed E-state index contributed by atoms with van der Waals surface area (Å²) in [5.74, 6) is -0.238. The van der Waals surface area contributed by atoms with Gasteiger partial charge in [-0.1, -0.05) is 6.92 Å². The molecule has 2 bridgehead atoms. The van der Waals surface area contributed by atoms with Crippen molar-refractivity contribution < 1.29 is 81.3 Å². The van der Waals surface area contributed by atoms with Gasteiger partial charge in [0.25, 0.3) is 0 Å². The molecule has 378 valence electrons. The van der Waals surface area contributed by atoms with Crippen LogP contribution in [0.4, 0.5) is 0 Å². The summed E-state index contributed by atoms with van der Waals surface area (Å²) in [6.07, 6.45) is -1.02. The van der Waals surface area contributed by atoms with Crippen LogP contribution in [0.25, 0.3) is 0 Å². The highest BCUT2D eigenvalue weighted by molar-refractivity contribution is 5.91. The minimum Gasteiger partial charge on any atom is -0.388 e. The lowest BCUT2D eigenvalue weighted by Gasteiger charge is -2.57. The Labute approximate surface area is 391 Å². The zero-order valence-electron chi connectivity index (χ0n) is 41.1. The quantitative estimate of drug-likeness (QED) is 0.259. The molecule has 9 rings (SSSR count). The molecule has 6 heterocycles. The molecule has 3 saturated carbocycles. The molecule has 6 aliphatic heterocycles. The molecule has 2 N–H and O–H groups in total. The maximum atomic E-state index is 13.5. The van der Waals surface area contributed by atoms with E-state index in [1.165, 1.54) is 0 Å². The second-order valence-corrected chi connectivity index (χ2v) is 21.7. The summed E-state index contributed by atoms with van der Waals surface area (Å²) >= 11 is 0. The Balaban J connectivity index is 0.765. The maximum absolute atomic E-state index is 13.5. The van der Waals surface area contributed by atoms with Gasteiger partial charge in [-0.3, -0.25) is 4.79 Å². The monoisotopic (exact) mass is 941 g/mol. The van der Waals surface area contributed by atoms with Crippen molar-refractivity contribution in [3.05, 3.63) is 0 Å². The van der Waals surface area contributed by atoms with Gasteiger partial charge in [0.2, 0.25) is 0 Å². The highest BCUT2D eigenvalue weighted by Crippen LogP contribution is 2.67. The van der Waals surface area contributed by atoms with Gasteiger partial charge in [-0.05, 0) is 91.4 Å². The molecule has 0 aromatic rings. The molecule has 0 unspecified atom stereocenters. The van der Waals surface area contributed by atoms with Gasteiger partial charge in [0.05, 0.1) is 72.6 Å². The van der Waals surface area contributed by atoms with Gasteiger partial charge in [0.1, 0.15) is 30.5 Å². The number of ketones is 1. The van der Waals surface area contributed by atoms with E-state index in [4.69, 9.17) is 66.3 Å². The molecule has 1 spiro atoms. The van der Waals surface area contributed by atoms with E-state index in [0.717, 1.165) is 38.5 Å². The van der Waals surface area contributed by atoms with E-state index >= 15 is 0 Å². The Hall–Kier alpha value is -0.970. The molecule has 0 radical (unpaired) electrons. The number of carbonyl (C=O) groups is 1. The normalized spacial score (nSPS) is 55.2. The van der Waals surface area contributed by atoms with E-state index in [9.17, 15) is 15.0 Å². The first-order valence-corrected chi connectivity index (χ1v) is 25.1. The second-order valence-electron chi connectivity index (χ2n) is 21.7. The summed E-state index contributed by atoms with van der Waals surface area (Å²) in [5.41, 5.74) is -0.764. The van der Waals surface area contributed by atoms with Crippen molar-refractivity contribution >= 4 is 5.78 Å². The topological polar surface area (TPSA) is 187 Å². The van der Waals surface area contributed by atoms with Crippen LogP contribution in [-0.2, 0) is 71.1 Å². The molecule has 26 atom stereocenters. The molecule has 9 fully saturated rings. The number of hydrogen-bond donors (Lipinski definition) is 2. The van der Waals surface area contributed by atoms with Crippen LogP contribution < -0.4 is 0 Å². The van der Waals surface area contributed by atoms with Gasteiger partial charge in [-0.15, -0.1) is 0 Å². The van der Waals surface area contributed by atoms with Gasteiger partial charge < -0.3 is 76.5 Å². The number of ether oxygens (including phenoxy) is 14. The lowest BCUT2D eigenvalue weighted by atomic mass is 9.52. The fraction of sp³-hybridized carbons (Fsp3) is 0.980. The summed E-state index contributed by atoms with van der Waals surface area (Å²) in [6.45, 7) is 14.2. The van der Waals surface area contributed by atoms with E-state index in [0.29, 0.717) is 38.0 Å². The summed E-state index contributed by atoms with van der Waals surface area (Å²) in [5, 5.41) is 21.1. The lowest BCUT2D eigenvalue weighted by Crippen LogP contribution is -2.58. The van der Waals surface area contributed by atoms with Crippen molar-refractivity contribution in [2.75, 3.05) is 28.4 Å². The molecule has 0 aromatic carbocycles. The smallest absolute Gasteiger partial charge is 0.172 e. The number of rotatable bonds is 12. The Morgan fingerprint density at radius 1 is 0.545 bits per heavy atom. The summed E-state index contributed by atoms with van der Waals surface area (Å²) in [6, 6.07) is 0. The molecule has 0 aromatic heterocycles. The number of carbonyl (C=O) groups excluding carboxylic acids is 1. The molecule has 6 saturated heterocycles. The number of aliphatic hydroxyl groups is 2. The van der Waals surface area contributed by atoms with Gasteiger partial charge >= 0.3 is 0 Å². The molecule has 0 amide bonds. The average molecular weight is 941 g/mol. The van der Waals surface area contributed by atoms with Crippen LogP contribution in [0.2, 0.25) is 0 Å². The molecule has 9 aliphatic rings. The zero-order valence-corrected chi connectivity index (χ0v) is 41.1. The molecular weight excluding hydrogens is 861 g/mol. The number of methoxy groups -OCH3 is 4. The van der Waals surface area contributed by atoms with Crippen molar-refractivity contribution in [2.45, 2.75) is 248 Å². The number of Topliss-reactive ketones (excluding diaryl/α,β-unsaturated/α-hetero) is 1. The van der Waals surface area contributed by atoms with E-state index < -0.39 is 85.2 Å². The fourth-order valence-corrected chi connectivity index (χ4v) is 14.3. The highest BCUT2D eigenvalue weighted by atomic mass is 16.8. The third kappa shape index (κ3) is 8.90. The molecule has 17 nitrogen and oxygen atoms in total. The molecule has 66 heavy (non-hydrogen) atoms. The van der Waals surface area contributed by atoms with Crippen molar-refractivity contribution in [1.82, 2.24) is 0 Å². The molecule has 17 heteroatoms. The summed E-state index contributed by atoms with van der Waals surface area (Å²) < 4.78 is 89.3. The largest absolute Gasteiger partial charge is 0.388 e. The van der Waals surface area contributed by atoms with Crippen molar-refractivity contribution in [1.29, 1.82) is 0 Å². The first-order valence-electron chi connectivity index (χ1n) is 25.1. The fourth-order valence-electron chi connectivity index (χ4n) is 14.3. The maximum Gasteiger partial charge on any atom is 0.172 e. The minimum absolute atomic E-state index is 0.0248. The van der Waals surface area contributed by atoms with E-state index in [1.807, 2.05) is 27.7 Å². The first-order chi connectivity index (χ1) is 31.4. The zero-order chi connectivity index (χ0) is 47.0. The van der Waals surface area contributed by atoms with Crippen molar-refractivity contribution in [3.63, 3.8) is 0 Å². The Bertz CT molecular complexity index is 1670. The van der Waals surface area contributed by atoms with E-state index in [-0.39, 0.29) is 71.9 Å². The van der Waals surface area contributed by atoms with Gasteiger partial charge in [0, 0.05) is 72.4 Å². The number of hydrogen-bond acceptors (Lipinski definition) is 17. The number of aliphatic hydroxyl groups excluding tert-OH is 2. The Morgan fingerprint density at radius 2 is 1.03 bits per heavy atom. The summed E-state index contributed by atoms with van der Waals surface area (Å²) in [4.78, 5) is 13.5. The summed E-state index contributed by atoms with van der Waals surface area (Å²) in [7, 11) is 6.60. The SMILES string of the molecule is CO[C@H]1C[C@H](O[C@@H]2[C@@H](C)O[C@@H](O[C@H]3CC[C@@]4(C)[C@@H](CC[C@@]56O[C@@H](C)[C@@H]7C[C@H](O)C(=O)[C@]7(C)[C@@H](C[C@@H]54)O6)C3)C[C@H]2OC)O[C@H](C)[C@H]1O[C@H]1C[C@@H](OC)[C@H](O[C@H]2C[C@@H](OC)[C@H](O)[C@@H](C)O2)[C@@H](C)O1. The van der Waals surface area contributed by atoms with Crippen LogP contribution in [0, 0.1) is 28.6 Å². The van der Waals surface area contributed by atoms with Crippen LogP contribution in [0.1, 0.15) is 119 Å². The third-order valence-electron chi connectivity index (χ3n) is 18.1.